The van der Waals surface area contributed by atoms with Gasteiger partial charge in [0.25, 0.3) is 5.56 Å². The van der Waals surface area contributed by atoms with Gasteiger partial charge < -0.3 is 10.7 Å². The van der Waals surface area contributed by atoms with Gasteiger partial charge in [-0.3, -0.25) is 9.89 Å². The maximum absolute atomic E-state index is 14.2. The van der Waals surface area contributed by atoms with E-state index in [1.165, 1.54) is 12.4 Å². The molecule has 0 radical (unpaired) electrons. The molecule has 1 aliphatic carbocycles. The van der Waals surface area contributed by atoms with Gasteiger partial charge in [0, 0.05) is 27.9 Å². The van der Waals surface area contributed by atoms with E-state index in [0.717, 1.165) is 29.2 Å². The Morgan fingerprint density at radius 3 is 2.79 bits per heavy atom. The number of nitrogens with one attached hydrogen (secondary N) is 2. The maximum atomic E-state index is 14.2. The Bertz CT molecular complexity index is 1520. The SMILES string of the molecule is Nc1c(-c2ccc(F)c3[nH]ncc23)c2cc(C3CC3)c3cncnc3c2[nH]c1=O. The number of nitrogens with zero attached hydrogens (tertiary/aromatic N) is 3. The fourth-order valence-corrected chi connectivity index (χ4v) is 4.18. The summed E-state index contributed by atoms with van der Waals surface area (Å²) in [5, 5.41) is 8.93. The van der Waals surface area contributed by atoms with Crippen LogP contribution in [0.3, 0.4) is 0 Å². The molecule has 0 spiro atoms. The van der Waals surface area contributed by atoms with Crippen molar-refractivity contribution >= 4 is 38.4 Å². The summed E-state index contributed by atoms with van der Waals surface area (Å²) in [5.74, 6) is 0.0295. The standard InChI is InChI=1S/C21H15FN6O/c22-15-4-3-10(14-7-26-28-18(14)15)16-12-5-11(9-1-2-9)13-6-24-8-25-19(13)20(12)27-21(29)17(16)23/h3-9H,1-2,23H2,(H,26,28)(H,27,29). The number of aromatic amines is 2. The quantitative estimate of drug-likeness (QED) is 0.401. The van der Waals surface area contributed by atoms with Crippen molar-refractivity contribution in [2.24, 2.45) is 0 Å². The van der Waals surface area contributed by atoms with Crippen molar-refractivity contribution < 1.29 is 4.39 Å². The van der Waals surface area contributed by atoms with Gasteiger partial charge >= 0.3 is 0 Å². The summed E-state index contributed by atoms with van der Waals surface area (Å²) >= 11 is 0. The smallest absolute Gasteiger partial charge is 0.272 e. The molecule has 2 aromatic carbocycles. The highest BCUT2D eigenvalue weighted by Gasteiger charge is 2.28. The van der Waals surface area contributed by atoms with E-state index in [1.54, 1.807) is 18.5 Å². The number of anilines is 1. The molecule has 0 aliphatic heterocycles. The minimum Gasteiger partial charge on any atom is -0.394 e. The molecule has 1 fully saturated rings. The minimum atomic E-state index is -0.411. The predicted octanol–water partition coefficient (Wildman–Crippen LogP) is 3.61. The first-order chi connectivity index (χ1) is 14.1. The number of halogens is 1. The van der Waals surface area contributed by atoms with Gasteiger partial charge in [0.2, 0.25) is 0 Å². The van der Waals surface area contributed by atoms with Crippen molar-refractivity contribution in [2.45, 2.75) is 18.8 Å². The number of hydrogen-bond donors (Lipinski definition) is 3. The molecule has 1 saturated carbocycles. The molecule has 3 aromatic heterocycles. The van der Waals surface area contributed by atoms with E-state index in [4.69, 9.17) is 5.73 Å². The van der Waals surface area contributed by atoms with Crippen LogP contribution in [0.2, 0.25) is 0 Å². The Labute approximate surface area is 162 Å². The lowest BCUT2D eigenvalue weighted by Gasteiger charge is -2.15. The topological polar surface area (TPSA) is 113 Å². The molecular weight excluding hydrogens is 371 g/mol. The fourth-order valence-electron chi connectivity index (χ4n) is 4.18. The van der Waals surface area contributed by atoms with Crippen molar-refractivity contribution in [3.63, 3.8) is 0 Å². The van der Waals surface area contributed by atoms with Crippen molar-refractivity contribution in [3.8, 4) is 11.1 Å². The van der Waals surface area contributed by atoms with Crippen LogP contribution in [0.25, 0.3) is 43.8 Å². The number of hydrogen-bond acceptors (Lipinski definition) is 5. The lowest BCUT2D eigenvalue weighted by Crippen LogP contribution is -2.14. The number of H-pyrrole nitrogens is 2. The second kappa shape index (κ2) is 5.60. The maximum Gasteiger partial charge on any atom is 0.272 e. The van der Waals surface area contributed by atoms with Crippen molar-refractivity contribution in [2.75, 3.05) is 5.73 Å². The van der Waals surface area contributed by atoms with E-state index in [2.05, 4.69) is 31.2 Å². The van der Waals surface area contributed by atoms with Crippen LogP contribution in [0, 0.1) is 5.82 Å². The summed E-state index contributed by atoms with van der Waals surface area (Å²) in [6.45, 7) is 0. The Morgan fingerprint density at radius 1 is 1.10 bits per heavy atom. The average molecular weight is 386 g/mol. The average Bonchev–Trinajstić information content (AvgIpc) is 3.45. The second-order valence-electron chi connectivity index (χ2n) is 7.44. The Morgan fingerprint density at radius 2 is 1.97 bits per heavy atom. The van der Waals surface area contributed by atoms with Gasteiger partial charge in [-0.2, -0.15) is 5.10 Å². The minimum absolute atomic E-state index is 0.0850. The molecule has 4 N–H and O–H groups in total. The van der Waals surface area contributed by atoms with Gasteiger partial charge in [0.15, 0.2) is 0 Å². The summed E-state index contributed by atoms with van der Waals surface area (Å²) < 4.78 is 14.2. The number of nitrogen functional groups attached to an aromatic ring is 1. The van der Waals surface area contributed by atoms with E-state index >= 15 is 0 Å². The molecule has 3 heterocycles. The lowest BCUT2D eigenvalue weighted by atomic mass is 9.93. The number of pyridine rings is 1. The highest BCUT2D eigenvalue weighted by molar-refractivity contribution is 6.14. The molecule has 1 aliphatic rings. The van der Waals surface area contributed by atoms with E-state index in [0.29, 0.717) is 33.5 Å². The van der Waals surface area contributed by atoms with Crippen molar-refractivity contribution in [1.82, 2.24) is 25.1 Å². The zero-order valence-corrected chi connectivity index (χ0v) is 15.2. The predicted molar refractivity (Wildman–Crippen MR) is 109 cm³/mol. The molecule has 6 rings (SSSR count). The highest BCUT2D eigenvalue weighted by atomic mass is 19.1. The summed E-state index contributed by atoms with van der Waals surface area (Å²) in [4.78, 5) is 24.2. The van der Waals surface area contributed by atoms with Gasteiger partial charge in [-0.05, 0) is 42.0 Å². The number of aromatic nitrogens is 5. The summed E-state index contributed by atoms with van der Waals surface area (Å²) in [7, 11) is 0. The first-order valence-electron chi connectivity index (χ1n) is 9.33. The van der Waals surface area contributed by atoms with Crippen LogP contribution in [0.1, 0.15) is 24.3 Å². The summed E-state index contributed by atoms with van der Waals surface area (Å²) in [6.07, 6.45) is 7.01. The third-order valence-corrected chi connectivity index (χ3v) is 5.70. The molecule has 0 amide bonds. The van der Waals surface area contributed by atoms with Gasteiger partial charge in [-0.15, -0.1) is 0 Å². The number of rotatable bonds is 2. The molecule has 142 valence electrons. The Hall–Kier alpha value is -3.81. The molecule has 0 unspecified atom stereocenters. The molecule has 0 bridgehead atoms. The van der Waals surface area contributed by atoms with E-state index < -0.39 is 11.4 Å². The van der Waals surface area contributed by atoms with E-state index in [9.17, 15) is 9.18 Å². The normalized spacial score (nSPS) is 14.2. The van der Waals surface area contributed by atoms with Gasteiger partial charge in [0.1, 0.15) is 23.3 Å². The molecule has 5 aromatic rings. The van der Waals surface area contributed by atoms with Crippen LogP contribution in [0.15, 0.2) is 41.7 Å². The first-order valence-corrected chi connectivity index (χ1v) is 9.33. The number of benzene rings is 2. The molecule has 0 atom stereocenters. The monoisotopic (exact) mass is 386 g/mol. The number of fused-ring (bicyclic) bond motifs is 4. The molecule has 8 heteroatoms. The van der Waals surface area contributed by atoms with Gasteiger partial charge in [-0.1, -0.05) is 6.07 Å². The van der Waals surface area contributed by atoms with Crippen LogP contribution in [-0.2, 0) is 0 Å². The van der Waals surface area contributed by atoms with Crippen molar-refractivity contribution in [1.29, 1.82) is 0 Å². The lowest BCUT2D eigenvalue weighted by molar-refractivity contribution is 0.636. The zero-order valence-electron chi connectivity index (χ0n) is 15.2. The van der Waals surface area contributed by atoms with Crippen LogP contribution < -0.4 is 11.3 Å². The zero-order chi connectivity index (χ0) is 19.7. The molecule has 7 nitrogen and oxygen atoms in total. The van der Waals surface area contributed by atoms with E-state index in [1.807, 2.05) is 0 Å². The highest BCUT2D eigenvalue weighted by Crippen LogP contribution is 2.46. The summed E-state index contributed by atoms with van der Waals surface area (Å²) in [6, 6.07) is 5.06. The third kappa shape index (κ3) is 2.22. The Kier molecular flexibility index (Phi) is 3.12. The summed E-state index contributed by atoms with van der Waals surface area (Å²) in [5.41, 5.74) is 9.86. The van der Waals surface area contributed by atoms with Crippen LogP contribution in [-0.4, -0.2) is 25.1 Å². The fraction of sp³-hybridized carbons (Fsp3) is 0.143. The molecule has 29 heavy (non-hydrogen) atoms. The Balaban J connectivity index is 1.83. The number of nitrogens with two attached hydrogens (primary N) is 1. The van der Waals surface area contributed by atoms with Gasteiger partial charge in [-0.25, -0.2) is 14.4 Å². The van der Waals surface area contributed by atoms with Crippen molar-refractivity contribution in [3.05, 3.63) is 58.7 Å². The third-order valence-electron chi connectivity index (χ3n) is 5.70. The molecular formula is C21H15FN6O. The molecule has 0 saturated heterocycles. The van der Waals surface area contributed by atoms with E-state index in [-0.39, 0.29) is 11.2 Å². The van der Waals surface area contributed by atoms with Crippen LogP contribution >= 0.6 is 0 Å². The van der Waals surface area contributed by atoms with Crippen LogP contribution in [0.5, 0.6) is 0 Å². The van der Waals surface area contributed by atoms with Gasteiger partial charge in [0.05, 0.1) is 17.2 Å². The first kappa shape index (κ1) is 16.2. The second-order valence-corrected chi connectivity index (χ2v) is 7.44. The van der Waals surface area contributed by atoms with Crippen LogP contribution in [0.4, 0.5) is 10.1 Å². The largest absolute Gasteiger partial charge is 0.394 e.